The molecule has 6 rings (SSSR count). The van der Waals surface area contributed by atoms with Gasteiger partial charge in [0.1, 0.15) is 0 Å². The van der Waals surface area contributed by atoms with Crippen LogP contribution in [-0.2, 0) is 0 Å². The zero-order chi connectivity index (χ0) is 23.1. The SMILES string of the molecule is CC1=C(c2ccccc2C)C=CCC1c1ccc2cc(-c3ccc4ccccc4c3)ccc2c1. The first-order valence-electron chi connectivity index (χ1n) is 12.1. The van der Waals surface area contributed by atoms with Gasteiger partial charge in [0.25, 0.3) is 0 Å². The maximum atomic E-state index is 2.39. The molecule has 0 spiro atoms. The summed E-state index contributed by atoms with van der Waals surface area (Å²) in [5.74, 6) is 0.421. The highest BCUT2D eigenvalue weighted by molar-refractivity contribution is 5.92. The number of fused-ring (bicyclic) bond motifs is 2. The highest BCUT2D eigenvalue weighted by Crippen LogP contribution is 2.39. The first-order chi connectivity index (χ1) is 16.7. The van der Waals surface area contributed by atoms with Gasteiger partial charge in [-0.15, -0.1) is 0 Å². The lowest BCUT2D eigenvalue weighted by atomic mass is 9.80. The van der Waals surface area contributed by atoms with Crippen molar-refractivity contribution in [1.29, 1.82) is 0 Å². The third kappa shape index (κ3) is 3.66. The van der Waals surface area contributed by atoms with E-state index in [-0.39, 0.29) is 0 Å². The van der Waals surface area contributed by atoms with Crippen LogP contribution in [0.2, 0.25) is 0 Å². The Hall–Kier alpha value is -3.90. The van der Waals surface area contributed by atoms with E-state index in [2.05, 4.69) is 129 Å². The first kappa shape index (κ1) is 20.7. The highest BCUT2D eigenvalue weighted by atomic mass is 14.2. The van der Waals surface area contributed by atoms with Gasteiger partial charge in [-0.05, 0) is 87.3 Å². The summed E-state index contributed by atoms with van der Waals surface area (Å²) in [6.45, 7) is 4.51. The molecule has 5 aromatic carbocycles. The Morgan fingerprint density at radius 2 is 1.21 bits per heavy atom. The van der Waals surface area contributed by atoms with Crippen LogP contribution >= 0.6 is 0 Å². The molecule has 0 amide bonds. The molecule has 0 bridgehead atoms. The van der Waals surface area contributed by atoms with Gasteiger partial charge in [0, 0.05) is 5.92 Å². The third-order valence-corrected chi connectivity index (χ3v) is 7.39. The van der Waals surface area contributed by atoms with Crippen LogP contribution in [0.4, 0.5) is 0 Å². The van der Waals surface area contributed by atoms with Gasteiger partial charge in [-0.2, -0.15) is 0 Å². The van der Waals surface area contributed by atoms with E-state index in [1.54, 1.807) is 0 Å². The molecule has 0 nitrogen and oxygen atoms in total. The molecular formula is C34H28. The smallest absolute Gasteiger partial charge is 0.00894 e. The van der Waals surface area contributed by atoms with Gasteiger partial charge in [-0.3, -0.25) is 0 Å². The van der Waals surface area contributed by atoms with E-state index >= 15 is 0 Å². The van der Waals surface area contributed by atoms with Crippen molar-refractivity contribution in [3.8, 4) is 11.1 Å². The molecule has 1 aliphatic carbocycles. The van der Waals surface area contributed by atoms with Crippen molar-refractivity contribution in [2.45, 2.75) is 26.2 Å². The average molecular weight is 437 g/mol. The fourth-order valence-corrected chi connectivity index (χ4v) is 5.41. The van der Waals surface area contributed by atoms with E-state index in [1.165, 1.54) is 60.5 Å². The summed E-state index contributed by atoms with van der Waals surface area (Å²) in [6, 6.07) is 37.9. The average Bonchev–Trinajstić information content (AvgIpc) is 2.88. The van der Waals surface area contributed by atoms with E-state index in [1.807, 2.05) is 0 Å². The fourth-order valence-electron chi connectivity index (χ4n) is 5.41. The van der Waals surface area contributed by atoms with E-state index in [0.717, 1.165) is 6.42 Å². The molecule has 1 unspecified atom stereocenters. The molecule has 0 aromatic heterocycles. The summed E-state index contributed by atoms with van der Waals surface area (Å²) in [4.78, 5) is 0. The lowest BCUT2D eigenvalue weighted by Crippen LogP contribution is -2.06. The van der Waals surface area contributed by atoms with Crippen LogP contribution in [0.1, 0.15) is 36.0 Å². The molecule has 1 atom stereocenters. The van der Waals surface area contributed by atoms with Gasteiger partial charge in [0.05, 0.1) is 0 Å². The van der Waals surface area contributed by atoms with Crippen molar-refractivity contribution in [2.24, 2.45) is 0 Å². The minimum absolute atomic E-state index is 0.421. The molecule has 34 heavy (non-hydrogen) atoms. The van der Waals surface area contributed by atoms with Crippen molar-refractivity contribution >= 4 is 27.1 Å². The normalized spacial score (nSPS) is 15.9. The van der Waals surface area contributed by atoms with E-state index in [9.17, 15) is 0 Å². The van der Waals surface area contributed by atoms with Crippen LogP contribution in [0.5, 0.6) is 0 Å². The minimum Gasteiger partial charge on any atom is -0.0830 e. The van der Waals surface area contributed by atoms with Crippen LogP contribution in [-0.4, -0.2) is 0 Å². The molecule has 0 fully saturated rings. The molecule has 0 N–H and O–H groups in total. The first-order valence-corrected chi connectivity index (χ1v) is 12.1. The maximum Gasteiger partial charge on any atom is 0.00894 e. The number of benzene rings is 5. The summed E-state index contributed by atoms with van der Waals surface area (Å²) in [6.07, 6.45) is 5.71. The molecule has 0 radical (unpaired) electrons. The summed E-state index contributed by atoms with van der Waals surface area (Å²) < 4.78 is 0. The fraction of sp³-hybridized carbons (Fsp3) is 0.118. The van der Waals surface area contributed by atoms with Gasteiger partial charge in [-0.25, -0.2) is 0 Å². The molecule has 0 saturated heterocycles. The van der Waals surface area contributed by atoms with Crippen molar-refractivity contribution in [3.63, 3.8) is 0 Å². The molecular weight excluding hydrogens is 408 g/mol. The van der Waals surface area contributed by atoms with Crippen LogP contribution in [0.15, 0.2) is 121 Å². The summed E-state index contributed by atoms with van der Waals surface area (Å²) in [5, 5.41) is 5.17. The maximum absolute atomic E-state index is 2.39. The Morgan fingerprint density at radius 3 is 2.00 bits per heavy atom. The Kier molecular flexibility index (Phi) is 5.15. The third-order valence-electron chi connectivity index (χ3n) is 7.39. The van der Waals surface area contributed by atoms with E-state index in [0.29, 0.717) is 5.92 Å². The lowest BCUT2D eigenvalue weighted by molar-refractivity contribution is 0.803. The van der Waals surface area contributed by atoms with Gasteiger partial charge in [-0.1, -0.05) is 109 Å². The standard InChI is InChI=1S/C34H28/c1-23-8-3-6-11-32(23)34-13-7-12-33(24(34)2)31-19-18-29-21-28(16-17-30(29)22-31)27-15-14-25-9-4-5-10-26(25)20-27/h3-11,13-22,33H,12H2,1-2H3. The second-order valence-corrected chi connectivity index (χ2v) is 9.49. The summed E-state index contributed by atoms with van der Waals surface area (Å²) in [5.41, 5.74) is 9.46. The number of hydrogen-bond donors (Lipinski definition) is 0. The number of allylic oxidation sites excluding steroid dienone is 4. The number of hydrogen-bond acceptors (Lipinski definition) is 0. The Morgan fingerprint density at radius 1 is 0.588 bits per heavy atom. The summed E-state index contributed by atoms with van der Waals surface area (Å²) in [7, 11) is 0. The van der Waals surface area contributed by atoms with Crippen molar-refractivity contribution in [3.05, 3.63) is 138 Å². The molecule has 5 aromatic rings. The van der Waals surface area contributed by atoms with E-state index in [4.69, 9.17) is 0 Å². The van der Waals surface area contributed by atoms with Crippen LogP contribution in [0.25, 0.3) is 38.2 Å². The van der Waals surface area contributed by atoms with E-state index < -0.39 is 0 Å². The minimum atomic E-state index is 0.421. The number of aryl methyl sites for hydroxylation is 1. The van der Waals surface area contributed by atoms with Crippen molar-refractivity contribution < 1.29 is 0 Å². The zero-order valence-electron chi connectivity index (χ0n) is 19.8. The number of rotatable bonds is 3. The zero-order valence-corrected chi connectivity index (χ0v) is 19.8. The molecule has 0 heteroatoms. The van der Waals surface area contributed by atoms with Gasteiger partial charge < -0.3 is 0 Å². The largest absolute Gasteiger partial charge is 0.0830 e. The Labute approximate surface area is 201 Å². The predicted octanol–water partition coefficient (Wildman–Crippen LogP) is 9.49. The second kappa shape index (κ2) is 8.47. The molecule has 0 heterocycles. The van der Waals surface area contributed by atoms with Crippen LogP contribution in [0.3, 0.4) is 0 Å². The monoisotopic (exact) mass is 436 g/mol. The predicted molar refractivity (Wildman–Crippen MR) is 147 cm³/mol. The van der Waals surface area contributed by atoms with Gasteiger partial charge >= 0.3 is 0 Å². The Balaban J connectivity index is 1.36. The second-order valence-electron chi connectivity index (χ2n) is 9.49. The van der Waals surface area contributed by atoms with Crippen molar-refractivity contribution in [2.75, 3.05) is 0 Å². The summed E-state index contributed by atoms with van der Waals surface area (Å²) >= 11 is 0. The highest BCUT2D eigenvalue weighted by Gasteiger charge is 2.20. The van der Waals surface area contributed by atoms with Gasteiger partial charge in [0.2, 0.25) is 0 Å². The van der Waals surface area contributed by atoms with Crippen molar-refractivity contribution in [1.82, 2.24) is 0 Å². The van der Waals surface area contributed by atoms with Crippen LogP contribution in [0, 0.1) is 6.92 Å². The topological polar surface area (TPSA) is 0 Å². The Bertz CT molecular complexity index is 1600. The molecule has 1 aliphatic rings. The molecule has 0 aliphatic heterocycles. The van der Waals surface area contributed by atoms with Crippen LogP contribution < -0.4 is 0 Å². The molecule has 0 saturated carbocycles. The lowest BCUT2D eigenvalue weighted by Gasteiger charge is -2.25. The quantitative estimate of drug-likeness (QED) is 0.264. The molecule has 164 valence electrons. The van der Waals surface area contributed by atoms with Gasteiger partial charge in [0.15, 0.2) is 0 Å².